The fourth-order valence-electron chi connectivity index (χ4n) is 9.75. The highest BCUT2D eigenvalue weighted by Crippen LogP contribution is 2.48. The molecule has 0 radical (unpaired) electrons. The van der Waals surface area contributed by atoms with Crippen LogP contribution in [-0.2, 0) is 28.5 Å². The number of cyclic esters (lactones) is 1. The molecule has 5 rings (SSSR count). The number of rotatable bonds is 6. The zero-order chi connectivity index (χ0) is 40.6. The summed E-state index contributed by atoms with van der Waals surface area (Å²) in [4.78, 5) is 34.3. The Morgan fingerprint density at radius 1 is 1.15 bits per heavy atom. The highest BCUT2D eigenvalue weighted by Gasteiger charge is 2.58. The molecule has 1 aromatic heterocycles. The summed E-state index contributed by atoms with van der Waals surface area (Å²) >= 11 is 0. The van der Waals surface area contributed by atoms with Gasteiger partial charge in [-0.15, -0.1) is 0 Å². The lowest BCUT2D eigenvalue weighted by molar-refractivity contribution is -0.384. The quantitative estimate of drug-likeness (QED) is 0.214. The van der Waals surface area contributed by atoms with Crippen molar-refractivity contribution < 1.29 is 43.6 Å². The van der Waals surface area contributed by atoms with Gasteiger partial charge < -0.3 is 49.0 Å². The molecule has 0 amide bonds. The Labute approximate surface area is 326 Å². The highest BCUT2D eigenvalue weighted by molar-refractivity contribution is 5.73. The van der Waals surface area contributed by atoms with Gasteiger partial charge in [-0.1, -0.05) is 20.8 Å². The van der Waals surface area contributed by atoms with Crippen molar-refractivity contribution >= 4 is 17.5 Å². The van der Waals surface area contributed by atoms with Crippen LogP contribution in [0.15, 0.2) is 18.3 Å². The average Bonchev–Trinajstić information content (AvgIpc) is 3.20. The first-order valence-electron chi connectivity index (χ1n) is 20.3. The molecule has 4 saturated heterocycles. The minimum atomic E-state index is -1.74. The molecule has 14 atom stereocenters. The molecule has 4 aliphatic heterocycles. The molecule has 0 unspecified atom stereocenters. The van der Waals surface area contributed by atoms with E-state index in [2.05, 4.69) is 50.1 Å². The third-order valence-corrected chi connectivity index (χ3v) is 12.7. The molecule has 0 aromatic carbocycles. The Bertz CT molecular complexity index is 1480. The number of likely N-dealkylation sites (N-methyl/N-ethyl adjacent to an activating group) is 1. The summed E-state index contributed by atoms with van der Waals surface area (Å²) in [6.07, 6.45) is -0.217. The van der Waals surface area contributed by atoms with E-state index in [1.165, 1.54) is 13.0 Å². The summed E-state index contributed by atoms with van der Waals surface area (Å²) in [6.45, 7) is 18.5. The second-order valence-electron chi connectivity index (χ2n) is 17.6. The van der Waals surface area contributed by atoms with Crippen LogP contribution in [0, 0.1) is 27.9 Å². The minimum absolute atomic E-state index is 0.000130. The molecule has 2 bridgehead atoms. The van der Waals surface area contributed by atoms with Crippen molar-refractivity contribution in [1.82, 2.24) is 15.2 Å². The molecule has 312 valence electrons. The van der Waals surface area contributed by atoms with E-state index < -0.39 is 70.2 Å². The molecule has 3 N–H and O–H groups in total. The number of aliphatic hydroxyl groups excluding tert-OH is 1. The number of piperidine rings is 1. The predicted molar refractivity (Wildman–Crippen MR) is 207 cm³/mol. The average molecular weight is 778 g/mol. The molecular formula is C40H67N5O10. The SMILES string of the molecule is CC[C@H]1OC(=O)[C@H](C)[C@H]2OC3(CCN(c4ncccc4[N+](=O)[O-])CC3)O[C@](C)(C[C@@H](C)CN[C@H](C)[C@@H](O)[C@]1(C)O)[C@H](O[C@H]1[C@H](C)O[C@H](C)C[C@@H]1N(C)C)[C@H]2C. The van der Waals surface area contributed by atoms with Gasteiger partial charge in [0.1, 0.15) is 17.8 Å². The number of pyridine rings is 1. The van der Waals surface area contributed by atoms with E-state index in [0.717, 1.165) is 6.42 Å². The van der Waals surface area contributed by atoms with Gasteiger partial charge in [0, 0.05) is 56.2 Å². The van der Waals surface area contributed by atoms with Crippen molar-refractivity contribution in [2.45, 2.75) is 166 Å². The fourth-order valence-corrected chi connectivity index (χ4v) is 9.75. The largest absolute Gasteiger partial charge is 0.459 e. The van der Waals surface area contributed by atoms with E-state index in [1.54, 1.807) is 19.2 Å². The van der Waals surface area contributed by atoms with Gasteiger partial charge in [0.2, 0.25) is 5.82 Å². The van der Waals surface area contributed by atoms with Crippen molar-refractivity contribution in [1.29, 1.82) is 0 Å². The number of ether oxygens (including phenoxy) is 5. The van der Waals surface area contributed by atoms with Crippen LogP contribution < -0.4 is 10.2 Å². The number of aliphatic hydroxyl groups is 2. The van der Waals surface area contributed by atoms with Crippen LogP contribution in [0.4, 0.5) is 11.5 Å². The maximum Gasteiger partial charge on any atom is 0.311 e. The topological polar surface area (TPSA) is 178 Å². The number of hydrogen-bond acceptors (Lipinski definition) is 14. The summed E-state index contributed by atoms with van der Waals surface area (Å²) in [5.41, 5.74) is -2.77. The van der Waals surface area contributed by atoms with Crippen LogP contribution in [0.5, 0.6) is 0 Å². The summed E-state index contributed by atoms with van der Waals surface area (Å²) < 4.78 is 34.5. The normalized spacial score (nSPS) is 42.0. The molecule has 0 saturated carbocycles. The van der Waals surface area contributed by atoms with Crippen LogP contribution in [0.25, 0.3) is 0 Å². The van der Waals surface area contributed by atoms with Gasteiger partial charge in [-0.3, -0.25) is 14.9 Å². The molecule has 5 heterocycles. The number of aromatic nitrogens is 1. The molecule has 4 fully saturated rings. The molecule has 55 heavy (non-hydrogen) atoms. The summed E-state index contributed by atoms with van der Waals surface area (Å²) in [7, 11) is 4.11. The monoisotopic (exact) mass is 777 g/mol. The summed E-state index contributed by atoms with van der Waals surface area (Å²) in [5.74, 6) is -2.68. The molecule has 15 nitrogen and oxygen atoms in total. The van der Waals surface area contributed by atoms with Gasteiger partial charge in [0.25, 0.3) is 0 Å². The first kappa shape index (κ1) is 43.6. The van der Waals surface area contributed by atoms with E-state index in [0.29, 0.717) is 44.7 Å². The van der Waals surface area contributed by atoms with Crippen LogP contribution in [0.3, 0.4) is 0 Å². The van der Waals surface area contributed by atoms with Crippen molar-refractivity contribution in [3.8, 4) is 0 Å². The number of hydrogen-bond donors (Lipinski definition) is 3. The van der Waals surface area contributed by atoms with Gasteiger partial charge in [0.15, 0.2) is 5.79 Å². The molecular weight excluding hydrogens is 710 g/mol. The van der Waals surface area contributed by atoms with Crippen molar-refractivity contribution in [3.05, 3.63) is 28.4 Å². The predicted octanol–water partition coefficient (Wildman–Crippen LogP) is 4.07. The maximum absolute atomic E-state index is 14.3. The smallest absolute Gasteiger partial charge is 0.311 e. The second-order valence-corrected chi connectivity index (χ2v) is 17.6. The standard InChI is InChI=1S/C40H67N5O10/c1-12-31-39(9,48)34(46)27(6)42-22-23(2)21-38(8)35(53-33-28(7)51-24(3)20-30(33)43(10)11)25(4)32(26(5)37(47)52-31)54-40(55-38)15-18-44(19-16-40)36-29(45(49)50)14-13-17-41-36/h13-14,17,23-28,30-35,42,46,48H,12,15-16,18-22H2,1-11H3/t23-,24-,25+,26-,27-,28+,30+,31-,32+,33+,34-,35-,38-,39-/m1/s1. The van der Waals surface area contributed by atoms with Crippen molar-refractivity contribution in [3.63, 3.8) is 0 Å². The molecule has 1 aromatic rings. The summed E-state index contributed by atoms with van der Waals surface area (Å²) in [5, 5.41) is 38.5. The van der Waals surface area contributed by atoms with E-state index in [4.69, 9.17) is 23.7 Å². The number of carbonyl (C=O) groups is 1. The number of anilines is 1. The Balaban J connectivity index is 1.61. The van der Waals surface area contributed by atoms with Gasteiger partial charge in [-0.05, 0) is 93.4 Å². The van der Waals surface area contributed by atoms with Gasteiger partial charge in [-0.2, -0.15) is 0 Å². The van der Waals surface area contributed by atoms with E-state index in [-0.39, 0.29) is 42.4 Å². The van der Waals surface area contributed by atoms with E-state index in [9.17, 15) is 25.1 Å². The highest BCUT2D eigenvalue weighted by atomic mass is 16.7. The van der Waals surface area contributed by atoms with Crippen molar-refractivity contribution in [2.75, 3.05) is 38.6 Å². The zero-order valence-corrected chi connectivity index (χ0v) is 34.8. The molecule has 0 aliphatic carbocycles. The van der Waals surface area contributed by atoms with E-state index in [1.807, 2.05) is 32.6 Å². The lowest BCUT2D eigenvalue weighted by atomic mass is 9.77. The number of nitrogens with one attached hydrogen (secondary N) is 1. The van der Waals surface area contributed by atoms with Crippen molar-refractivity contribution in [2.24, 2.45) is 17.8 Å². The molecule has 1 spiro atoms. The molecule has 4 aliphatic rings. The lowest BCUT2D eigenvalue weighted by Gasteiger charge is -2.50. The van der Waals surface area contributed by atoms with Crippen LogP contribution in [0.2, 0.25) is 0 Å². The Hall–Kier alpha value is -2.50. The minimum Gasteiger partial charge on any atom is -0.459 e. The third kappa shape index (κ3) is 9.14. The zero-order valence-electron chi connectivity index (χ0n) is 34.8. The molecule has 15 heteroatoms. The Kier molecular flexibility index (Phi) is 13.6. The number of fused-ring (bicyclic) bond motifs is 3. The third-order valence-electron chi connectivity index (χ3n) is 12.7. The fraction of sp³-hybridized carbons (Fsp3) is 0.850. The lowest BCUT2D eigenvalue weighted by Crippen LogP contribution is -2.60. The Morgan fingerprint density at radius 3 is 2.44 bits per heavy atom. The van der Waals surface area contributed by atoms with Gasteiger partial charge in [0.05, 0.1) is 47.0 Å². The maximum atomic E-state index is 14.3. The first-order chi connectivity index (χ1) is 25.7. The van der Waals surface area contributed by atoms with E-state index >= 15 is 0 Å². The summed E-state index contributed by atoms with van der Waals surface area (Å²) in [6, 6.07) is 2.54. The number of esters is 1. The van der Waals surface area contributed by atoms with Crippen LogP contribution >= 0.6 is 0 Å². The second kappa shape index (κ2) is 17.2. The Morgan fingerprint density at radius 2 is 1.82 bits per heavy atom. The van der Waals surface area contributed by atoms with Gasteiger partial charge >= 0.3 is 11.7 Å². The number of carbonyl (C=O) groups excluding carboxylic acids is 1. The van der Waals surface area contributed by atoms with Crippen LogP contribution in [-0.4, -0.2) is 137 Å². The van der Waals surface area contributed by atoms with Crippen LogP contribution in [0.1, 0.15) is 94.4 Å². The number of nitrogens with zero attached hydrogens (tertiary/aromatic N) is 4. The first-order valence-corrected chi connectivity index (χ1v) is 20.3. The number of nitro groups is 1. The van der Waals surface area contributed by atoms with Gasteiger partial charge in [-0.25, -0.2) is 4.98 Å².